The first-order chi connectivity index (χ1) is 17.3. The molecule has 0 amide bonds. The van der Waals surface area contributed by atoms with E-state index in [-0.39, 0.29) is 0 Å². The third kappa shape index (κ3) is 4.65. The van der Waals surface area contributed by atoms with Crippen molar-refractivity contribution in [2.45, 2.75) is 63.7 Å². The lowest BCUT2D eigenvalue weighted by molar-refractivity contribution is 0.0739. The van der Waals surface area contributed by atoms with E-state index in [9.17, 15) is 0 Å². The van der Waals surface area contributed by atoms with E-state index in [1.807, 2.05) is 4.68 Å². The summed E-state index contributed by atoms with van der Waals surface area (Å²) in [5.41, 5.74) is 5.39. The van der Waals surface area contributed by atoms with Crippen LogP contribution in [0.4, 0.5) is 0 Å². The second-order valence-corrected chi connectivity index (χ2v) is 10.3. The van der Waals surface area contributed by atoms with Crippen LogP contribution in [0.3, 0.4) is 0 Å². The normalized spacial score (nSPS) is 23.9. The average Bonchev–Trinajstić information content (AvgIpc) is 3.64. The first-order valence-electron chi connectivity index (χ1n) is 13.2. The maximum Gasteiger partial charge on any atom is 0.137 e. The van der Waals surface area contributed by atoms with Gasteiger partial charge in [0, 0.05) is 48.3 Å². The van der Waals surface area contributed by atoms with E-state index in [1.165, 1.54) is 66.4 Å². The molecule has 2 unspecified atom stereocenters. The van der Waals surface area contributed by atoms with Gasteiger partial charge in [-0.2, -0.15) is 5.10 Å². The van der Waals surface area contributed by atoms with Gasteiger partial charge in [0.15, 0.2) is 0 Å². The molecule has 2 saturated heterocycles. The highest BCUT2D eigenvalue weighted by Gasteiger charge is 2.38. The van der Waals surface area contributed by atoms with Crippen LogP contribution in [-0.4, -0.2) is 61.3 Å². The van der Waals surface area contributed by atoms with Gasteiger partial charge in [-0.15, -0.1) is 0 Å². The Hall–Kier alpha value is -2.96. The summed E-state index contributed by atoms with van der Waals surface area (Å²) in [5, 5.41) is 5.59. The Labute approximate surface area is 208 Å². The second-order valence-electron chi connectivity index (χ2n) is 10.3. The number of nitrogens with zero attached hydrogens (tertiary/aromatic N) is 5. The summed E-state index contributed by atoms with van der Waals surface area (Å²) in [6.07, 6.45) is 11.9. The number of nitrogens with one attached hydrogen (secondary N) is 1. The van der Waals surface area contributed by atoms with Gasteiger partial charge in [0.25, 0.3) is 0 Å². The number of H-pyrrole nitrogens is 1. The Balaban J connectivity index is 1.13. The Morgan fingerprint density at radius 2 is 1.94 bits per heavy atom. The average molecular weight is 469 g/mol. The number of benzene rings is 2. The van der Waals surface area contributed by atoms with Crippen LogP contribution in [0.2, 0.25) is 0 Å². The maximum absolute atomic E-state index is 4.26. The van der Waals surface area contributed by atoms with E-state index in [0.717, 1.165) is 19.5 Å². The molecule has 4 heterocycles. The zero-order chi connectivity index (χ0) is 23.6. The molecule has 2 aromatic heterocycles. The fourth-order valence-corrected chi connectivity index (χ4v) is 6.42. The van der Waals surface area contributed by atoms with Crippen molar-refractivity contribution in [2.75, 3.05) is 19.6 Å². The minimum atomic E-state index is 0.578. The molecular weight excluding hydrogens is 432 g/mol. The first kappa shape index (κ1) is 22.5. The molecule has 0 spiro atoms. The number of rotatable bonds is 7. The number of piperidine rings is 1. The van der Waals surface area contributed by atoms with Crippen LogP contribution >= 0.6 is 0 Å². The van der Waals surface area contributed by atoms with Crippen molar-refractivity contribution in [3.05, 3.63) is 84.1 Å². The van der Waals surface area contributed by atoms with Crippen LogP contribution in [0, 0.1) is 0 Å². The number of aromatic nitrogens is 4. The van der Waals surface area contributed by atoms with Gasteiger partial charge >= 0.3 is 0 Å². The second kappa shape index (κ2) is 9.96. The Morgan fingerprint density at radius 1 is 1.03 bits per heavy atom. The van der Waals surface area contributed by atoms with E-state index >= 15 is 0 Å². The molecule has 35 heavy (non-hydrogen) atoms. The summed E-state index contributed by atoms with van der Waals surface area (Å²) >= 11 is 0. The molecule has 0 saturated carbocycles. The molecule has 2 aromatic carbocycles. The van der Waals surface area contributed by atoms with Crippen LogP contribution in [0.25, 0.3) is 10.9 Å². The van der Waals surface area contributed by atoms with E-state index in [1.54, 1.807) is 12.7 Å². The zero-order valence-electron chi connectivity index (χ0n) is 20.7. The van der Waals surface area contributed by atoms with Crippen LogP contribution in [-0.2, 0) is 13.0 Å². The third-order valence-corrected chi connectivity index (χ3v) is 8.31. The maximum atomic E-state index is 4.26. The molecule has 3 atom stereocenters. The number of hydrogen-bond acceptors (Lipinski definition) is 4. The minimum absolute atomic E-state index is 0.578. The SMILES string of the molecule is CC1[C@H](N2CCCCC2c2ccccc2)CCN1CCc1c[nH]c2ccc(Cn3cncn3)cc12. The predicted octanol–water partition coefficient (Wildman–Crippen LogP) is 5.04. The van der Waals surface area contributed by atoms with Crippen molar-refractivity contribution >= 4 is 10.9 Å². The van der Waals surface area contributed by atoms with Gasteiger partial charge < -0.3 is 4.98 Å². The van der Waals surface area contributed by atoms with Crippen LogP contribution in [0.15, 0.2) is 67.4 Å². The Kier molecular flexibility index (Phi) is 6.40. The predicted molar refractivity (Wildman–Crippen MR) is 140 cm³/mol. The van der Waals surface area contributed by atoms with Gasteiger partial charge in [-0.25, -0.2) is 9.67 Å². The smallest absolute Gasteiger partial charge is 0.137 e. The first-order valence-corrected chi connectivity index (χ1v) is 13.2. The summed E-state index contributed by atoms with van der Waals surface area (Å²) in [6, 6.07) is 19.7. The van der Waals surface area contributed by atoms with Crippen molar-refractivity contribution in [1.82, 2.24) is 29.5 Å². The summed E-state index contributed by atoms with van der Waals surface area (Å²) in [5.74, 6) is 0. The van der Waals surface area contributed by atoms with Gasteiger partial charge in [-0.1, -0.05) is 42.8 Å². The van der Waals surface area contributed by atoms with Crippen molar-refractivity contribution < 1.29 is 0 Å². The molecular formula is C29H36N6. The molecule has 6 rings (SSSR count). The highest BCUT2D eigenvalue weighted by molar-refractivity contribution is 5.83. The monoisotopic (exact) mass is 468 g/mol. The molecule has 6 nitrogen and oxygen atoms in total. The highest BCUT2D eigenvalue weighted by atomic mass is 15.3. The largest absolute Gasteiger partial charge is 0.361 e. The molecule has 0 radical (unpaired) electrons. The summed E-state index contributed by atoms with van der Waals surface area (Å²) in [6.45, 7) is 6.76. The van der Waals surface area contributed by atoms with Crippen LogP contribution < -0.4 is 0 Å². The number of hydrogen-bond donors (Lipinski definition) is 1. The van der Waals surface area contributed by atoms with Gasteiger partial charge in [0.2, 0.25) is 0 Å². The van der Waals surface area contributed by atoms with Gasteiger partial charge in [0.1, 0.15) is 12.7 Å². The third-order valence-electron chi connectivity index (χ3n) is 8.31. The van der Waals surface area contributed by atoms with E-state index in [2.05, 4.69) is 86.5 Å². The van der Waals surface area contributed by atoms with Gasteiger partial charge in [0.05, 0.1) is 6.54 Å². The summed E-state index contributed by atoms with van der Waals surface area (Å²) in [4.78, 5) is 13.1. The molecule has 0 bridgehead atoms. The van der Waals surface area contributed by atoms with Crippen molar-refractivity contribution in [2.24, 2.45) is 0 Å². The fraction of sp³-hybridized carbons (Fsp3) is 0.448. The molecule has 6 heteroatoms. The van der Waals surface area contributed by atoms with E-state index in [0.29, 0.717) is 18.1 Å². The summed E-state index contributed by atoms with van der Waals surface area (Å²) in [7, 11) is 0. The standard InChI is InChI=1S/C29H36N6/c1-22-28(35-14-6-5-9-29(35)24-7-3-2-4-8-24)13-16-33(22)15-12-25-18-31-27-11-10-23(17-26(25)27)19-34-21-30-20-32-34/h2-4,7-8,10-11,17-18,20-22,28-29,31H,5-6,9,12-16,19H2,1H3/t22?,28-,29?/m1/s1. The van der Waals surface area contributed by atoms with Crippen molar-refractivity contribution in [3.8, 4) is 0 Å². The minimum Gasteiger partial charge on any atom is -0.361 e. The van der Waals surface area contributed by atoms with E-state index in [4.69, 9.17) is 0 Å². The van der Waals surface area contributed by atoms with Gasteiger partial charge in [-0.3, -0.25) is 9.80 Å². The van der Waals surface area contributed by atoms with Gasteiger partial charge in [-0.05, 0) is 68.0 Å². The highest BCUT2D eigenvalue weighted by Crippen LogP contribution is 2.37. The molecule has 1 N–H and O–H groups in total. The lowest BCUT2D eigenvalue weighted by Crippen LogP contribution is -2.47. The lowest BCUT2D eigenvalue weighted by atomic mass is 9.92. The Bertz CT molecular complexity index is 1230. The zero-order valence-corrected chi connectivity index (χ0v) is 20.7. The molecule has 2 fully saturated rings. The molecule has 0 aliphatic carbocycles. The molecule has 2 aliphatic heterocycles. The number of aromatic amines is 1. The van der Waals surface area contributed by atoms with E-state index < -0.39 is 0 Å². The fourth-order valence-electron chi connectivity index (χ4n) is 6.42. The topological polar surface area (TPSA) is 53.0 Å². The number of fused-ring (bicyclic) bond motifs is 1. The van der Waals surface area contributed by atoms with Crippen LogP contribution in [0.5, 0.6) is 0 Å². The van der Waals surface area contributed by atoms with Crippen molar-refractivity contribution in [1.29, 1.82) is 0 Å². The van der Waals surface area contributed by atoms with Crippen LogP contribution in [0.1, 0.15) is 55.3 Å². The molecule has 4 aromatic rings. The quantitative estimate of drug-likeness (QED) is 0.413. The Morgan fingerprint density at radius 3 is 2.80 bits per heavy atom. The number of likely N-dealkylation sites (tertiary alicyclic amines) is 2. The summed E-state index contributed by atoms with van der Waals surface area (Å²) < 4.78 is 1.88. The molecule has 182 valence electrons. The molecule has 2 aliphatic rings. The van der Waals surface area contributed by atoms with Crippen molar-refractivity contribution in [3.63, 3.8) is 0 Å². The lowest BCUT2D eigenvalue weighted by Gasteiger charge is -2.42.